The molecule has 0 fully saturated rings. The van der Waals surface area contributed by atoms with Crippen LogP contribution in [0.5, 0.6) is 0 Å². The van der Waals surface area contributed by atoms with Gasteiger partial charge in [-0.3, -0.25) is 10.6 Å². The third kappa shape index (κ3) is 3.08. The van der Waals surface area contributed by atoms with Gasteiger partial charge < -0.3 is 9.05 Å². The maximum absolute atomic E-state index is 11.8. The van der Waals surface area contributed by atoms with Gasteiger partial charge in [-0.1, -0.05) is 40.6 Å². The van der Waals surface area contributed by atoms with Gasteiger partial charge >= 0.3 is 6.03 Å². The Kier molecular flexibility index (Phi) is 3.38. The van der Waals surface area contributed by atoms with Crippen molar-refractivity contribution in [3.8, 4) is 11.3 Å². The van der Waals surface area contributed by atoms with E-state index in [0.29, 0.717) is 23.2 Å². The fourth-order valence-electron chi connectivity index (χ4n) is 1.76. The Hall–Kier alpha value is -3.09. The summed E-state index contributed by atoms with van der Waals surface area (Å²) in [6, 6.07) is 12.3. The van der Waals surface area contributed by atoms with Crippen LogP contribution in [0.1, 0.15) is 5.76 Å². The van der Waals surface area contributed by atoms with Gasteiger partial charge in [-0.2, -0.15) is 0 Å². The SMILES string of the molecule is Cc1cc(NC(=O)Nc2cc(-c3ccccc3)on2)no1. The molecule has 21 heavy (non-hydrogen) atoms. The summed E-state index contributed by atoms with van der Waals surface area (Å²) in [7, 11) is 0. The lowest BCUT2D eigenvalue weighted by Crippen LogP contribution is -2.19. The van der Waals surface area contributed by atoms with Gasteiger partial charge in [-0.05, 0) is 6.92 Å². The van der Waals surface area contributed by atoms with E-state index in [9.17, 15) is 4.79 Å². The highest BCUT2D eigenvalue weighted by molar-refractivity contribution is 5.98. The van der Waals surface area contributed by atoms with Crippen molar-refractivity contribution in [1.29, 1.82) is 0 Å². The average Bonchev–Trinajstić information content (AvgIpc) is 3.09. The molecule has 0 aliphatic rings. The number of nitrogens with zero attached hydrogens (tertiary/aromatic N) is 2. The van der Waals surface area contributed by atoms with Crippen LogP contribution < -0.4 is 10.6 Å². The quantitative estimate of drug-likeness (QED) is 0.769. The van der Waals surface area contributed by atoms with E-state index in [-0.39, 0.29) is 0 Å². The Labute approximate surface area is 119 Å². The molecule has 2 heterocycles. The first kappa shape index (κ1) is 12.9. The molecule has 0 aliphatic heterocycles. The average molecular weight is 284 g/mol. The number of hydrogen-bond acceptors (Lipinski definition) is 5. The van der Waals surface area contributed by atoms with E-state index < -0.39 is 6.03 Å². The zero-order chi connectivity index (χ0) is 14.7. The molecule has 0 unspecified atom stereocenters. The first-order valence-corrected chi connectivity index (χ1v) is 6.24. The van der Waals surface area contributed by atoms with E-state index in [4.69, 9.17) is 9.05 Å². The predicted molar refractivity (Wildman–Crippen MR) is 75.8 cm³/mol. The first-order chi connectivity index (χ1) is 10.2. The third-order valence-electron chi connectivity index (χ3n) is 2.68. The molecule has 2 N–H and O–H groups in total. The number of carbonyl (C=O) groups excluding carboxylic acids is 1. The number of aromatic nitrogens is 2. The molecule has 7 nitrogen and oxygen atoms in total. The molecule has 0 saturated carbocycles. The Morgan fingerprint density at radius 3 is 2.33 bits per heavy atom. The number of carbonyl (C=O) groups is 1. The van der Waals surface area contributed by atoms with Crippen molar-refractivity contribution in [2.75, 3.05) is 10.6 Å². The number of anilines is 2. The Morgan fingerprint density at radius 1 is 1.00 bits per heavy atom. The third-order valence-corrected chi connectivity index (χ3v) is 2.68. The lowest BCUT2D eigenvalue weighted by molar-refractivity contribution is 0.261. The van der Waals surface area contributed by atoms with Gasteiger partial charge in [0.15, 0.2) is 17.4 Å². The van der Waals surface area contributed by atoms with E-state index in [1.807, 2.05) is 30.3 Å². The van der Waals surface area contributed by atoms with Crippen LogP contribution in [0.3, 0.4) is 0 Å². The summed E-state index contributed by atoms with van der Waals surface area (Å²) in [5, 5.41) is 12.5. The fraction of sp³-hybridized carbons (Fsp3) is 0.0714. The number of hydrogen-bond donors (Lipinski definition) is 2. The zero-order valence-corrected chi connectivity index (χ0v) is 11.2. The Morgan fingerprint density at radius 2 is 1.67 bits per heavy atom. The van der Waals surface area contributed by atoms with E-state index in [1.54, 1.807) is 19.1 Å². The number of nitrogens with one attached hydrogen (secondary N) is 2. The molecule has 0 saturated heterocycles. The molecule has 3 aromatic rings. The van der Waals surface area contributed by atoms with Crippen molar-refractivity contribution >= 4 is 17.7 Å². The molecule has 7 heteroatoms. The van der Waals surface area contributed by atoms with E-state index in [1.165, 1.54) is 0 Å². The minimum atomic E-state index is -0.476. The standard InChI is InChI=1S/C14H12N4O3/c1-9-7-12(17-20-9)15-14(19)16-13-8-11(21-18-13)10-5-3-2-4-6-10/h2-8H,1H3,(H2,15,16,17,18,19). The summed E-state index contributed by atoms with van der Waals surface area (Å²) < 4.78 is 10.0. The van der Waals surface area contributed by atoms with Crippen molar-refractivity contribution in [3.05, 3.63) is 48.2 Å². The molecule has 1 aromatic carbocycles. The van der Waals surface area contributed by atoms with E-state index >= 15 is 0 Å². The number of benzene rings is 1. The number of amides is 2. The minimum absolute atomic E-state index is 0.312. The maximum atomic E-state index is 11.8. The largest absolute Gasteiger partial charge is 0.360 e. The lowest BCUT2D eigenvalue weighted by Gasteiger charge is -1.99. The molecule has 2 amide bonds. The molecule has 106 valence electrons. The molecular weight excluding hydrogens is 272 g/mol. The summed E-state index contributed by atoms with van der Waals surface area (Å²) in [5.41, 5.74) is 0.880. The van der Waals surface area contributed by atoms with Gasteiger partial charge in [0.25, 0.3) is 0 Å². The van der Waals surface area contributed by atoms with Gasteiger partial charge in [0, 0.05) is 17.7 Å². The van der Waals surface area contributed by atoms with Gasteiger partial charge in [-0.15, -0.1) is 0 Å². The topological polar surface area (TPSA) is 93.2 Å². The highest BCUT2D eigenvalue weighted by atomic mass is 16.5. The second-order valence-electron chi connectivity index (χ2n) is 4.34. The molecule has 2 aromatic heterocycles. The summed E-state index contributed by atoms with van der Waals surface area (Å²) in [5.74, 6) is 1.82. The van der Waals surface area contributed by atoms with Gasteiger partial charge in [-0.25, -0.2) is 4.79 Å². The number of rotatable bonds is 3. The number of urea groups is 1. The fourth-order valence-corrected chi connectivity index (χ4v) is 1.76. The highest BCUT2D eigenvalue weighted by Gasteiger charge is 2.10. The van der Waals surface area contributed by atoms with Crippen molar-refractivity contribution < 1.29 is 13.8 Å². The van der Waals surface area contributed by atoms with Gasteiger partial charge in [0.1, 0.15) is 5.76 Å². The summed E-state index contributed by atoms with van der Waals surface area (Å²) in [6.45, 7) is 1.74. The summed E-state index contributed by atoms with van der Waals surface area (Å²) in [6.07, 6.45) is 0. The van der Waals surface area contributed by atoms with Crippen molar-refractivity contribution in [3.63, 3.8) is 0 Å². The normalized spacial score (nSPS) is 10.3. The van der Waals surface area contributed by atoms with Crippen LogP contribution in [-0.2, 0) is 0 Å². The number of aryl methyl sites for hydroxylation is 1. The summed E-state index contributed by atoms with van der Waals surface area (Å²) >= 11 is 0. The van der Waals surface area contributed by atoms with Crippen LogP contribution in [0.25, 0.3) is 11.3 Å². The van der Waals surface area contributed by atoms with Crippen LogP contribution in [0, 0.1) is 6.92 Å². The molecule has 0 bridgehead atoms. The molecule has 3 rings (SSSR count). The molecular formula is C14H12N4O3. The second kappa shape index (κ2) is 5.49. The summed E-state index contributed by atoms with van der Waals surface area (Å²) in [4.78, 5) is 11.8. The Bertz CT molecular complexity index is 748. The van der Waals surface area contributed by atoms with Crippen LogP contribution in [0.15, 0.2) is 51.5 Å². The van der Waals surface area contributed by atoms with Crippen LogP contribution in [0.2, 0.25) is 0 Å². The molecule has 0 spiro atoms. The van der Waals surface area contributed by atoms with Gasteiger partial charge in [0.05, 0.1) is 0 Å². The van der Waals surface area contributed by atoms with Crippen molar-refractivity contribution in [1.82, 2.24) is 10.3 Å². The zero-order valence-electron chi connectivity index (χ0n) is 11.2. The Balaban J connectivity index is 1.66. The van der Waals surface area contributed by atoms with E-state index in [0.717, 1.165) is 5.56 Å². The van der Waals surface area contributed by atoms with Gasteiger partial charge in [0.2, 0.25) is 0 Å². The van der Waals surface area contributed by atoms with Crippen molar-refractivity contribution in [2.24, 2.45) is 0 Å². The second-order valence-corrected chi connectivity index (χ2v) is 4.34. The first-order valence-electron chi connectivity index (χ1n) is 6.24. The molecule has 0 atom stereocenters. The minimum Gasteiger partial charge on any atom is -0.360 e. The van der Waals surface area contributed by atoms with Crippen LogP contribution in [0.4, 0.5) is 16.4 Å². The smallest absolute Gasteiger partial charge is 0.326 e. The lowest BCUT2D eigenvalue weighted by atomic mass is 10.2. The van der Waals surface area contributed by atoms with E-state index in [2.05, 4.69) is 20.9 Å². The van der Waals surface area contributed by atoms with Crippen molar-refractivity contribution in [2.45, 2.75) is 6.92 Å². The maximum Gasteiger partial charge on any atom is 0.326 e. The monoisotopic (exact) mass is 284 g/mol. The molecule has 0 aliphatic carbocycles. The predicted octanol–water partition coefficient (Wildman–Crippen LogP) is 3.28. The van der Waals surface area contributed by atoms with Crippen LogP contribution >= 0.6 is 0 Å². The highest BCUT2D eigenvalue weighted by Crippen LogP contribution is 2.21. The van der Waals surface area contributed by atoms with Crippen LogP contribution in [-0.4, -0.2) is 16.3 Å². The molecule has 0 radical (unpaired) electrons.